The second-order valence-corrected chi connectivity index (χ2v) is 4.20. The van der Waals surface area contributed by atoms with Gasteiger partial charge in [-0.2, -0.15) is 0 Å². The number of para-hydroxylation sites is 1. The topological polar surface area (TPSA) is 58.9 Å². The van der Waals surface area contributed by atoms with Crippen molar-refractivity contribution in [3.8, 4) is 0 Å². The number of aromatic amines is 1. The molecule has 3 N–H and O–H groups in total. The molecule has 0 unspecified atom stereocenters. The normalized spacial score (nSPS) is 10.7. The maximum absolute atomic E-state index is 12.4. The summed E-state index contributed by atoms with van der Waals surface area (Å²) < 4.78 is 0. The molecule has 0 aliphatic carbocycles. The van der Waals surface area contributed by atoms with E-state index in [2.05, 4.69) is 4.98 Å². The zero-order valence-electron chi connectivity index (χ0n) is 9.68. The van der Waals surface area contributed by atoms with E-state index in [1.165, 1.54) is 0 Å². The van der Waals surface area contributed by atoms with Crippen LogP contribution in [0.3, 0.4) is 0 Å². The number of benzene rings is 2. The molecule has 1 heterocycles. The lowest BCUT2D eigenvalue weighted by Crippen LogP contribution is -2.01. The van der Waals surface area contributed by atoms with Crippen molar-refractivity contribution >= 4 is 22.4 Å². The van der Waals surface area contributed by atoms with Gasteiger partial charge in [-0.3, -0.25) is 4.79 Å². The van der Waals surface area contributed by atoms with Crippen molar-refractivity contribution in [1.29, 1.82) is 0 Å². The lowest BCUT2D eigenvalue weighted by molar-refractivity contribution is 0.104. The van der Waals surface area contributed by atoms with Gasteiger partial charge in [0.15, 0.2) is 5.78 Å². The van der Waals surface area contributed by atoms with Crippen LogP contribution in [0.5, 0.6) is 0 Å². The van der Waals surface area contributed by atoms with E-state index in [0.717, 1.165) is 10.9 Å². The first kappa shape index (κ1) is 10.6. The van der Waals surface area contributed by atoms with Crippen LogP contribution in [0.4, 0.5) is 5.69 Å². The zero-order chi connectivity index (χ0) is 12.5. The van der Waals surface area contributed by atoms with Gasteiger partial charge in [0.1, 0.15) is 0 Å². The van der Waals surface area contributed by atoms with Crippen LogP contribution in [0.25, 0.3) is 10.9 Å². The summed E-state index contributed by atoms with van der Waals surface area (Å²) in [4.78, 5) is 15.5. The van der Waals surface area contributed by atoms with Gasteiger partial charge in [-0.05, 0) is 18.2 Å². The minimum absolute atomic E-state index is 0.0141. The van der Waals surface area contributed by atoms with Crippen LogP contribution in [0.15, 0.2) is 54.7 Å². The van der Waals surface area contributed by atoms with Gasteiger partial charge < -0.3 is 10.7 Å². The van der Waals surface area contributed by atoms with E-state index < -0.39 is 0 Å². The summed E-state index contributed by atoms with van der Waals surface area (Å²) in [5.74, 6) is -0.0141. The summed E-state index contributed by atoms with van der Waals surface area (Å²) in [5, 5.41) is 0.935. The number of hydrogen-bond donors (Lipinski definition) is 2. The van der Waals surface area contributed by atoms with E-state index in [1.807, 2.05) is 24.3 Å². The monoisotopic (exact) mass is 236 g/mol. The van der Waals surface area contributed by atoms with E-state index >= 15 is 0 Å². The predicted octanol–water partition coefficient (Wildman–Crippen LogP) is 2.98. The van der Waals surface area contributed by atoms with Gasteiger partial charge in [-0.25, -0.2) is 0 Å². The maximum Gasteiger partial charge on any atom is 0.195 e. The van der Waals surface area contributed by atoms with E-state index in [-0.39, 0.29) is 5.78 Å². The Labute approximate surface area is 104 Å². The van der Waals surface area contributed by atoms with Crippen molar-refractivity contribution in [1.82, 2.24) is 4.98 Å². The molecule has 0 saturated heterocycles. The molecule has 1 aromatic heterocycles. The number of nitrogens with two attached hydrogens (primary N) is 1. The molecule has 0 amide bonds. The molecule has 0 saturated carbocycles. The second kappa shape index (κ2) is 4.04. The van der Waals surface area contributed by atoms with Crippen LogP contribution in [0.2, 0.25) is 0 Å². The largest absolute Gasteiger partial charge is 0.399 e. The number of ketones is 1. The molecule has 88 valence electrons. The summed E-state index contributed by atoms with van der Waals surface area (Å²) in [5.41, 5.74) is 8.55. The average Bonchev–Trinajstić information content (AvgIpc) is 2.82. The SMILES string of the molecule is Nc1cccc(C(=O)c2c[nH]c3ccccc23)c1. The van der Waals surface area contributed by atoms with Crippen LogP contribution >= 0.6 is 0 Å². The summed E-state index contributed by atoms with van der Waals surface area (Å²) in [7, 11) is 0. The van der Waals surface area contributed by atoms with Crippen molar-refractivity contribution in [3.05, 3.63) is 65.9 Å². The molecule has 3 nitrogen and oxygen atoms in total. The van der Waals surface area contributed by atoms with Crippen LogP contribution < -0.4 is 5.73 Å². The Hall–Kier alpha value is -2.55. The van der Waals surface area contributed by atoms with E-state index in [4.69, 9.17) is 5.73 Å². The summed E-state index contributed by atoms with van der Waals surface area (Å²) in [6.45, 7) is 0. The molecule has 0 atom stereocenters. The smallest absolute Gasteiger partial charge is 0.195 e. The van der Waals surface area contributed by atoms with E-state index in [1.54, 1.807) is 30.5 Å². The lowest BCUT2D eigenvalue weighted by Gasteiger charge is -2.00. The molecule has 0 fully saturated rings. The fourth-order valence-electron chi connectivity index (χ4n) is 2.09. The molecule has 18 heavy (non-hydrogen) atoms. The number of rotatable bonds is 2. The third-order valence-corrected chi connectivity index (χ3v) is 2.98. The molecule has 3 aromatic rings. The average molecular weight is 236 g/mol. The number of fused-ring (bicyclic) bond motifs is 1. The molecule has 0 aliphatic rings. The van der Waals surface area contributed by atoms with Crippen molar-refractivity contribution in [2.45, 2.75) is 0 Å². The number of nitrogens with one attached hydrogen (secondary N) is 1. The fourth-order valence-corrected chi connectivity index (χ4v) is 2.09. The molecule has 0 radical (unpaired) electrons. The van der Waals surface area contributed by atoms with Crippen LogP contribution in [0.1, 0.15) is 15.9 Å². The van der Waals surface area contributed by atoms with Crippen molar-refractivity contribution in [2.24, 2.45) is 0 Å². The lowest BCUT2D eigenvalue weighted by atomic mass is 10.0. The summed E-state index contributed by atoms with van der Waals surface area (Å²) in [6, 6.07) is 14.8. The first-order valence-electron chi connectivity index (χ1n) is 5.72. The van der Waals surface area contributed by atoms with Crippen LogP contribution in [0, 0.1) is 0 Å². The highest BCUT2D eigenvalue weighted by atomic mass is 16.1. The van der Waals surface area contributed by atoms with Gasteiger partial charge in [-0.15, -0.1) is 0 Å². The third-order valence-electron chi connectivity index (χ3n) is 2.98. The second-order valence-electron chi connectivity index (χ2n) is 4.20. The Bertz CT molecular complexity index is 728. The number of aromatic nitrogens is 1. The van der Waals surface area contributed by atoms with Gasteiger partial charge in [0.25, 0.3) is 0 Å². The minimum atomic E-state index is -0.0141. The van der Waals surface area contributed by atoms with E-state index in [0.29, 0.717) is 16.8 Å². The van der Waals surface area contributed by atoms with Crippen LogP contribution in [-0.2, 0) is 0 Å². The molecule has 3 heteroatoms. The molecule has 0 spiro atoms. The quantitative estimate of drug-likeness (QED) is 0.531. The van der Waals surface area contributed by atoms with Gasteiger partial charge >= 0.3 is 0 Å². The number of H-pyrrole nitrogens is 1. The van der Waals surface area contributed by atoms with Crippen molar-refractivity contribution in [3.63, 3.8) is 0 Å². The zero-order valence-corrected chi connectivity index (χ0v) is 9.68. The highest BCUT2D eigenvalue weighted by molar-refractivity contribution is 6.16. The number of nitrogen functional groups attached to an aromatic ring is 1. The molecular formula is C15H12N2O. The Morgan fingerprint density at radius 3 is 2.72 bits per heavy atom. The number of carbonyl (C=O) groups excluding carboxylic acids is 1. The highest BCUT2D eigenvalue weighted by Gasteiger charge is 2.13. The maximum atomic E-state index is 12.4. The number of carbonyl (C=O) groups is 1. The summed E-state index contributed by atoms with van der Waals surface area (Å²) in [6.07, 6.45) is 1.75. The minimum Gasteiger partial charge on any atom is -0.399 e. The predicted molar refractivity (Wildman–Crippen MR) is 72.6 cm³/mol. The molecule has 3 rings (SSSR count). The fraction of sp³-hybridized carbons (Fsp3) is 0. The van der Waals surface area contributed by atoms with Gasteiger partial charge in [-0.1, -0.05) is 30.3 Å². The first-order valence-corrected chi connectivity index (χ1v) is 5.72. The Balaban J connectivity index is 2.12. The Morgan fingerprint density at radius 2 is 1.89 bits per heavy atom. The van der Waals surface area contributed by atoms with Gasteiger partial charge in [0.05, 0.1) is 0 Å². The first-order chi connectivity index (χ1) is 8.75. The van der Waals surface area contributed by atoms with Crippen LogP contribution in [-0.4, -0.2) is 10.8 Å². The Kier molecular flexibility index (Phi) is 2.38. The number of hydrogen-bond acceptors (Lipinski definition) is 2. The molecule has 2 aromatic carbocycles. The number of anilines is 1. The third kappa shape index (κ3) is 1.66. The van der Waals surface area contributed by atoms with E-state index in [9.17, 15) is 4.79 Å². The Morgan fingerprint density at radius 1 is 1.06 bits per heavy atom. The molecule has 0 aliphatic heterocycles. The molecular weight excluding hydrogens is 224 g/mol. The van der Waals surface area contributed by atoms with Crippen molar-refractivity contribution in [2.75, 3.05) is 5.73 Å². The van der Waals surface area contributed by atoms with Gasteiger partial charge in [0, 0.05) is 33.9 Å². The van der Waals surface area contributed by atoms with Gasteiger partial charge in [0.2, 0.25) is 0 Å². The van der Waals surface area contributed by atoms with Crippen molar-refractivity contribution < 1.29 is 4.79 Å². The summed E-state index contributed by atoms with van der Waals surface area (Å²) >= 11 is 0. The standard InChI is InChI=1S/C15H12N2O/c16-11-5-3-4-10(8-11)15(18)13-9-17-14-7-2-1-6-12(13)14/h1-9,17H,16H2. The highest BCUT2D eigenvalue weighted by Crippen LogP contribution is 2.21. The molecule has 0 bridgehead atoms.